The molecule has 0 saturated heterocycles. The van der Waals surface area contributed by atoms with Crippen molar-refractivity contribution in [3.05, 3.63) is 76.1 Å². The topological polar surface area (TPSA) is 68.5 Å². The molecule has 5 heteroatoms. The molecule has 25 heavy (non-hydrogen) atoms. The maximum Gasteiger partial charge on any atom is 0.349 e. The molecule has 0 aliphatic rings. The number of carbonyl (C=O) groups excluding carboxylic acids is 1. The van der Waals surface area contributed by atoms with Crippen LogP contribution in [0.25, 0.3) is 11.0 Å². The first-order chi connectivity index (χ1) is 12.2. The summed E-state index contributed by atoms with van der Waals surface area (Å²) >= 11 is 0. The highest BCUT2D eigenvalue weighted by Crippen LogP contribution is 2.13. The molecule has 1 heterocycles. The summed E-state index contributed by atoms with van der Waals surface area (Å²) in [7, 11) is 0. The molecular weight excluding hydrogens is 318 g/mol. The lowest BCUT2D eigenvalue weighted by Crippen LogP contribution is -2.31. The Morgan fingerprint density at radius 2 is 1.88 bits per heavy atom. The van der Waals surface area contributed by atoms with E-state index < -0.39 is 11.5 Å². The number of aryl methyl sites for hydroxylation is 1. The number of ether oxygens (including phenoxy) is 1. The first-order valence-electron chi connectivity index (χ1n) is 8.20. The molecule has 0 aliphatic carbocycles. The number of carbonyl (C=O) groups is 1. The molecule has 5 nitrogen and oxygen atoms in total. The zero-order valence-electron chi connectivity index (χ0n) is 14.0. The number of rotatable bonds is 6. The van der Waals surface area contributed by atoms with Gasteiger partial charge in [-0.25, -0.2) is 4.79 Å². The van der Waals surface area contributed by atoms with Gasteiger partial charge in [0.15, 0.2) is 0 Å². The normalized spacial score (nSPS) is 10.6. The summed E-state index contributed by atoms with van der Waals surface area (Å²) < 4.78 is 10.7. The van der Waals surface area contributed by atoms with Gasteiger partial charge in [-0.2, -0.15) is 0 Å². The SMILES string of the molecule is CCc1ccc(OCCNC(=O)c2cc3ccccc3oc2=O)cc1. The summed E-state index contributed by atoms with van der Waals surface area (Å²) in [4.78, 5) is 24.1. The largest absolute Gasteiger partial charge is 0.492 e. The van der Waals surface area contributed by atoms with Gasteiger partial charge in [-0.1, -0.05) is 37.3 Å². The van der Waals surface area contributed by atoms with Crippen LogP contribution < -0.4 is 15.7 Å². The first-order valence-corrected chi connectivity index (χ1v) is 8.20. The molecule has 1 aromatic heterocycles. The molecule has 0 aliphatic heterocycles. The Morgan fingerprint density at radius 1 is 1.12 bits per heavy atom. The van der Waals surface area contributed by atoms with E-state index >= 15 is 0 Å². The third kappa shape index (κ3) is 4.07. The third-order valence-corrected chi connectivity index (χ3v) is 3.87. The molecule has 3 aromatic rings. The summed E-state index contributed by atoms with van der Waals surface area (Å²) in [5.41, 5.74) is 1.05. The lowest BCUT2D eigenvalue weighted by molar-refractivity contribution is 0.0943. The number of para-hydroxylation sites is 1. The number of hydrogen-bond acceptors (Lipinski definition) is 4. The minimum Gasteiger partial charge on any atom is -0.492 e. The van der Waals surface area contributed by atoms with Crippen molar-refractivity contribution in [1.29, 1.82) is 0 Å². The van der Waals surface area contributed by atoms with Gasteiger partial charge in [0.05, 0.1) is 6.54 Å². The van der Waals surface area contributed by atoms with Crippen LogP contribution in [-0.4, -0.2) is 19.1 Å². The average Bonchev–Trinajstić information content (AvgIpc) is 2.65. The van der Waals surface area contributed by atoms with Crippen molar-refractivity contribution in [3.63, 3.8) is 0 Å². The van der Waals surface area contributed by atoms with Gasteiger partial charge in [-0.05, 0) is 36.2 Å². The van der Waals surface area contributed by atoms with Gasteiger partial charge in [0.25, 0.3) is 5.91 Å². The number of amides is 1. The van der Waals surface area contributed by atoms with E-state index in [9.17, 15) is 9.59 Å². The summed E-state index contributed by atoms with van der Waals surface area (Å²) in [6.07, 6.45) is 0.977. The second-order valence-electron chi connectivity index (χ2n) is 5.59. The van der Waals surface area contributed by atoms with Gasteiger partial charge in [-0.3, -0.25) is 4.79 Å². The molecule has 128 valence electrons. The van der Waals surface area contributed by atoms with Crippen molar-refractivity contribution in [1.82, 2.24) is 5.32 Å². The Balaban J connectivity index is 1.57. The molecule has 1 N–H and O–H groups in total. The standard InChI is InChI=1S/C20H19NO4/c1-2-14-7-9-16(10-8-14)24-12-11-21-19(22)17-13-15-5-3-4-6-18(15)25-20(17)23/h3-10,13H,2,11-12H2,1H3,(H,21,22). The molecule has 0 saturated carbocycles. The summed E-state index contributed by atoms with van der Waals surface area (Å²) in [6, 6.07) is 16.4. The molecule has 0 spiro atoms. The van der Waals surface area contributed by atoms with Crippen LogP contribution in [0, 0.1) is 0 Å². The summed E-state index contributed by atoms with van der Waals surface area (Å²) in [6.45, 7) is 2.70. The van der Waals surface area contributed by atoms with Crippen LogP contribution in [0.5, 0.6) is 5.75 Å². The van der Waals surface area contributed by atoms with Gasteiger partial charge in [-0.15, -0.1) is 0 Å². The van der Waals surface area contributed by atoms with E-state index in [4.69, 9.17) is 9.15 Å². The van der Waals surface area contributed by atoms with Crippen molar-refractivity contribution in [3.8, 4) is 5.75 Å². The van der Waals surface area contributed by atoms with Crippen LogP contribution >= 0.6 is 0 Å². The predicted molar refractivity (Wildman–Crippen MR) is 96.1 cm³/mol. The lowest BCUT2D eigenvalue weighted by atomic mass is 10.2. The fraction of sp³-hybridized carbons (Fsp3) is 0.200. The summed E-state index contributed by atoms with van der Waals surface area (Å²) in [5, 5.41) is 3.38. The molecule has 0 bridgehead atoms. The van der Waals surface area contributed by atoms with Gasteiger partial charge >= 0.3 is 5.63 Å². The van der Waals surface area contributed by atoms with Gasteiger partial charge in [0.2, 0.25) is 0 Å². The fourth-order valence-corrected chi connectivity index (χ4v) is 2.47. The van der Waals surface area contributed by atoms with Gasteiger partial charge in [0.1, 0.15) is 23.5 Å². The molecule has 0 fully saturated rings. The zero-order valence-corrected chi connectivity index (χ0v) is 14.0. The number of benzene rings is 2. The molecule has 1 amide bonds. The van der Waals surface area contributed by atoms with Crippen LogP contribution in [0.3, 0.4) is 0 Å². The van der Waals surface area contributed by atoms with E-state index in [0.29, 0.717) is 24.1 Å². The quantitative estimate of drug-likeness (QED) is 0.554. The monoisotopic (exact) mass is 337 g/mol. The highest BCUT2D eigenvalue weighted by atomic mass is 16.5. The van der Waals surface area contributed by atoms with Gasteiger partial charge < -0.3 is 14.5 Å². The molecule has 0 atom stereocenters. The Hall–Kier alpha value is -3.08. The lowest BCUT2D eigenvalue weighted by Gasteiger charge is -2.08. The van der Waals surface area contributed by atoms with E-state index in [0.717, 1.165) is 12.2 Å². The molecule has 3 rings (SSSR count). The van der Waals surface area contributed by atoms with Crippen molar-refractivity contribution in [2.24, 2.45) is 0 Å². The minimum atomic E-state index is -0.646. The molecule has 2 aromatic carbocycles. The molecular formula is C20H19NO4. The third-order valence-electron chi connectivity index (χ3n) is 3.87. The molecule has 0 unspecified atom stereocenters. The Kier molecular flexibility index (Phi) is 5.14. The number of fused-ring (bicyclic) bond motifs is 1. The Labute approximate surface area is 145 Å². The smallest absolute Gasteiger partial charge is 0.349 e. The minimum absolute atomic E-state index is 0.00833. The zero-order chi connectivity index (χ0) is 17.6. The second kappa shape index (κ2) is 7.66. The number of nitrogens with one attached hydrogen (secondary N) is 1. The van der Waals surface area contributed by atoms with E-state index in [1.54, 1.807) is 24.3 Å². The van der Waals surface area contributed by atoms with E-state index in [-0.39, 0.29) is 5.56 Å². The van der Waals surface area contributed by atoms with Gasteiger partial charge in [0, 0.05) is 5.39 Å². The van der Waals surface area contributed by atoms with Crippen LogP contribution in [0.4, 0.5) is 0 Å². The van der Waals surface area contributed by atoms with E-state index in [1.807, 2.05) is 30.3 Å². The van der Waals surface area contributed by atoms with E-state index in [2.05, 4.69) is 12.2 Å². The Morgan fingerprint density at radius 3 is 2.64 bits per heavy atom. The van der Waals surface area contributed by atoms with Crippen LogP contribution in [0.1, 0.15) is 22.8 Å². The second-order valence-corrected chi connectivity index (χ2v) is 5.59. The maximum atomic E-state index is 12.2. The van der Waals surface area contributed by atoms with Crippen molar-refractivity contribution >= 4 is 16.9 Å². The average molecular weight is 337 g/mol. The Bertz CT molecular complexity index is 928. The van der Waals surface area contributed by atoms with E-state index in [1.165, 1.54) is 5.56 Å². The fourth-order valence-electron chi connectivity index (χ4n) is 2.47. The van der Waals surface area contributed by atoms with Crippen molar-refractivity contribution < 1.29 is 13.9 Å². The van der Waals surface area contributed by atoms with Crippen molar-refractivity contribution in [2.75, 3.05) is 13.2 Å². The summed E-state index contributed by atoms with van der Waals surface area (Å²) in [5.74, 6) is 0.279. The maximum absolute atomic E-state index is 12.2. The first kappa shape index (κ1) is 16.8. The van der Waals surface area contributed by atoms with Crippen molar-refractivity contribution in [2.45, 2.75) is 13.3 Å². The molecule has 0 radical (unpaired) electrons. The van der Waals surface area contributed by atoms with Crippen LogP contribution in [0.15, 0.2) is 63.8 Å². The highest BCUT2D eigenvalue weighted by Gasteiger charge is 2.13. The number of hydrogen-bond donors (Lipinski definition) is 1. The van der Waals surface area contributed by atoms with Crippen LogP contribution in [0.2, 0.25) is 0 Å². The highest BCUT2D eigenvalue weighted by molar-refractivity contribution is 5.96. The van der Waals surface area contributed by atoms with Crippen LogP contribution in [-0.2, 0) is 6.42 Å². The predicted octanol–water partition coefficient (Wildman–Crippen LogP) is 3.16.